The molecule has 0 saturated carbocycles. The normalized spacial score (nSPS) is 12.9. The quantitative estimate of drug-likeness (QED) is 0.905. The summed E-state index contributed by atoms with van der Waals surface area (Å²) in [4.78, 5) is 4.48. The smallest absolute Gasteiger partial charge is 0.228 e. The third-order valence-corrected chi connectivity index (χ3v) is 4.32. The van der Waals surface area contributed by atoms with Crippen LogP contribution < -0.4 is 5.32 Å². The molecule has 0 aliphatic rings. The zero-order chi connectivity index (χ0) is 14.7. The number of nitrogens with zero attached hydrogens (tertiary/aromatic N) is 2. The predicted molar refractivity (Wildman–Crippen MR) is 83.6 cm³/mol. The molecule has 0 amide bonds. The molecule has 0 fully saturated rings. The van der Waals surface area contributed by atoms with Gasteiger partial charge in [0.15, 0.2) is 0 Å². The van der Waals surface area contributed by atoms with Crippen LogP contribution >= 0.6 is 15.9 Å². The van der Waals surface area contributed by atoms with Crippen molar-refractivity contribution < 1.29 is 4.52 Å². The number of aromatic nitrogens is 2. The molecule has 0 aliphatic heterocycles. The first-order valence-corrected chi connectivity index (χ1v) is 7.57. The van der Waals surface area contributed by atoms with Gasteiger partial charge in [0.05, 0.1) is 0 Å². The SMILES string of the molecule is CNC(Cc1nc(-c2ccc(C)c(Br)c2)no1)C(C)C. The van der Waals surface area contributed by atoms with Gasteiger partial charge in [0, 0.05) is 22.5 Å². The minimum Gasteiger partial charge on any atom is -0.339 e. The molecule has 20 heavy (non-hydrogen) atoms. The van der Waals surface area contributed by atoms with Gasteiger partial charge in [-0.25, -0.2) is 0 Å². The molecular weight excluding hydrogens is 318 g/mol. The molecule has 0 aliphatic carbocycles. The summed E-state index contributed by atoms with van der Waals surface area (Å²) >= 11 is 3.52. The minimum absolute atomic E-state index is 0.341. The molecular formula is C15H20BrN3O. The van der Waals surface area contributed by atoms with Gasteiger partial charge in [-0.15, -0.1) is 0 Å². The second kappa shape index (κ2) is 6.50. The Bertz CT molecular complexity index is 580. The molecule has 1 aromatic carbocycles. The van der Waals surface area contributed by atoms with Gasteiger partial charge in [0.2, 0.25) is 11.7 Å². The molecule has 1 aromatic heterocycles. The molecule has 4 nitrogen and oxygen atoms in total. The second-order valence-corrected chi connectivity index (χ2v) is 6.17. The number of hydrogen-bond donors (Lipinski definition) is 1. The first-order chi connectivity index (χ1) is 9.51. The van der Waals surface area contributed by atoms with Gasteiger partial charge >= 0.3 is 0 Å². The highest BCUT2D eigenvalue weighted by Gasteiger charge is 2.17. The van der Waals surface area contributed by atoms with E-state index in [4.69, 9.17) is 4.52 Å². The third-order valence-electron chi connectivity index (χ3n) is 3.47. The molecule has 1 N–H and O–H groups in total. The van der Waals surface area contributed by atoms with Gasteiger partial charge in [0.1, 0.15) is 0 Å². The topological polar surface area (TPSA) is 51.0 Å². The standard InChI is InChI=1S/C15H20BrN3O/c1-9(2)13(17-4)8-14-18-15(19-20-14)11-6-5-10(3)12(16)7-11/h5-7,9,13,17H,8H2,1-4H3. The Morgan fingerprint density at radius 2 is 2.10 bits per heavy atom. The van der Waals surface area contributed by atoms with E-state index >= 15 is 0 Å². The lowest BCUT2D eigenvalue weighted by Crippen LogP contribution is -2.32. The van der Waals surface area contributed by atoms with Gasteiger partial charge in [-0.2, -0.15) is 4.98 Å². The maximum Gasteiger partial charge on any atom is 0.228 e. The summed E-state index contributed by atoms with van der Waals surface area (Å²) in [7, 11) is 1.96. The zero-order valence-electron chi connectivity index (χ0n) is 12.3. The highest BCUT2D eigenvalue weighted by molar-refractivity contribution is 9.10. The van der Waals surface area contributed by atoms with Gasteiger partial charge in [0.25, 0.3) is 0 Å². The van der Waals surface area contributed by atoms with Crippen LogP contribution in [-0.2, 0) is 6.42 Å². The number of benzene rings is 1. The van der Waals surface area contributed by atoms with Crippen LogP contribution in [0.25, 0.3) is 11.4 Å². The van der Waals surface area contributed by atoms with Crippen LogP contribution in [0.3, 0.4) is 0 Å². The largest absolute Gasteiger partial charge is 0.339 e. The van der Waals surface area contributed by atoms with E-state index in [2.05, 4.69) is 52.2 Å². The molecule has 0 saturated heterocycles. The summed E-state index contributed by atoms with van der Waals surface area (Å²) in [6, 6.07) is 6.40. The van der Waals surface area contributed by atoms with Crippen LogP contribution in [0.2, 0.25) is 0 Å². The maximum atomic E-state index is 5.36. The van der Waals surface area contributed by atoms with Crippen LogP contribution in [-0.4, -0.2) is 23.2 Å². The van der Waals surface area contributed by atoms with Crippen molar-refractivity contribution in [3.63, 3.8) is 0 Å². The lowest BCUT2D eigenvalue weighted by Gasteiger charge is -2.17. The molecule has 108 valence electrons. The first kappa shape index (κ1) is 15.2. The Kier molecular flexibility index (Phi) is 4.94. The maximum absolute atomic E-state index is 5.36. The average molecular weight is 338 g/mol. The summed E-state index contributed by atoms with van der Waals surface area (Å²) in [5, 5.41) is 7.35. The fourth-order valence-corrected chi connectivity index (χ4v) is 2.42. The van der Waals surface area contributed by atoms with E-state index in [-0.39, 0.29) is 0 Å². The van der Waals surface area contributed by atoms with E-state index in [0.717, 1.165) is 16.5 Å². The van der Waals surface area contributed by atoms with Crippen LogP contribution in [0.4, 0.5) is 0 Å². The fraction of sp³-hybridized carbons (Fsp3) is 0.467. The van der Waals surface area contributed by atoms with Crippen LogP contribution in [0, 0.1) is 12.8 Å². The number of halogens is 1. The Hall–Kier alpha value is -1.20. The summed E-state index contributed by atoms with van der Waals surface area (Å²) in [6.45, 7) is 6.40. The summed E-state index contributed by atoms with van der Waals surface area (Å²) in [5.41, 5.74) is 2.15. The lowest BCUT2D eigenvalue weighted by molar-refractivity contribution is 0.335. The van der Waals surface area contributed by atoms with Gasteiger partial charge in [-0.05, 0) is 31.5 Å². The molecule has 0 bridgehead atoms. The molecule has 0 spiro atoms. The molecule has 2 rings (SSSR count). The molecule has 1 unspecified atom stereocenters. The van der Waals surface area contributed by atoms with E-state index in [9.17, 15) is 0 Å². The van der Waals surface area contributed by atoms with Crippen molar-refractivity contribution >= 4 is 15.9 Å². The van der Waals surface area contributed by atoms with Crippen molar-refractivity contribution in [3.05, 3.63) is 34.1 Å². The van der Waals surface area contributed by atoms with Crippen molar-refractivity contribution in [1.82, 2.24) is 15.5 Å². The molecule has 1 atom stereocenters. The number of nitrogens with one attached hydrogen (secondary N) is 1. The minimum atomic E-state index is 0.341. The number of likely N-dealkylation sites (N-methyl/N-ethyl adjacent to an activating group) is 1. The monoisotopic (exact) mass is 337 g/mol. The molecule has 0 radical (unpaired) electrons. The Morgan fingerprint density at radius 3 is 2.70 bits per heavy atom. The van der Waals surface area contributed by atoms with E-state index in [0.29, 0.717) is 23.7 Å². The van der Waals surface area contributed by atoms with E-state index < -0.39 is 0 Å². The van der Waals surface area contributed by atoms with E-state index in [1.807, 2.05) is 25.2 Å². The van der Waals surface area contributed by atoms with Crippen molar-refractivity contribution in [2.24, 2.45) is 5.92 Å². The second-order valence-electron chi connectivity index (χ2n) is 5.32. The third kappa shape index (κ3) is 3.46. The Balaban J connectivity index is 2.18. The van der Waals surface area contributed by atoms with E-state index in [1.54, 1.807) is 0 Å². The van der Waals surface area contributed by atoms with Crippen molar-refractivity contribution in [2.75, 3.05) is 7.05 Å². The summed E-state index contributed by atoms with van der Waals surface area (Å²) in [6.07, 6.45) is 0.744. The van der Waals surface area contributed by atoms with Crippen molar-refractivity contribution in [1.29, 1.82) is 0 Å². The van der Waals surface area contributed by atoms with Crippen LogP contribution in [0.1, 0.15) is 25.3 Å². The Labute approximate surface area is 128 Å². The number of hydrogen-bond acceptors (Lipinski definition) is 4. The predicted octanol–water partition coefficient (Wildman–Crippen LogP) is 3.59. The molecule has 2 aromatic rings. The highest BCUT2D eigenvalue weighted by Crippen LogP contribution is 2.24. The van der Waals surface area contributed by atoms with Gasteiger partial charge in [-0.1, -0.05) is 47.1 Å². The molecule has 1 heterocycles. The highest BCUT2D eigenvalue weighted by atomic mass is 79.9. The van der Waals surface area contributed by atoms with Crippen molar-refractivity contribution in [3.8, 4) is 11.4 Å². The fourth-order valence-electron chi connectivity index (χ4n) is 2.05. The van der Waals surface area contributed by atoms with Gasteiger partial charge < -0.3 is 9.84 Å². The van der Waals surface area contributed by atoms with Crippen LogP contribution in [0.15, 0.2) is 27.2 Å². The van der Waals surface area contributed by atoms with Crippen molar-refractivity contribution in [2.45, 2.75) is 33.2 Å². The van der Waals surface area contributed by atoms with Gasteiger partial charge in [-0.3, -0.25) is 0 Å². The summed E-state index contributed by atoms with van der Waals surface area (Å²) < 4.78 is 6.41. The van der Waals surface area contributed by atoms with E-state index in [1.165, 1.54) is 5.56 Å². The van der Waals surface area contributed by atoms with Crippen LogP contribution in [0.5, 0.6) is 0 Å². The summed E-state index contributed by atoms with van der Waals surface area (Å²) in [5.74, 6) is 1.83. The first-order valence-electron chi connectivity index (χ1n) is 6.77. The lowest BCUT2D eigenvalue weighted by atomic mass is 10.0. The average Bonchev–Trinajstić information content (AvgIpc) is 2.87. The number of rotatable bonds is 5. The zero-order valence-corrected chi connectivity index (χ0v) is 13.9. The number of aryl methyl sites for hydroxylation is 1. The molecule has 5 heteroatoms. The Morgan fingerprint density at radius 1 is 1.35 bits per heavy atom.